The van der Waals surface area contributed by atoms with Crippen molar-refractivity contribution in [3.63, 3.8) is 0 Å². The number of hydrogen-bond donors (Lipinski definition) is 2. The molecule has 6 heteroatoms. The van der Waals surface area contributed by atoms with Crippen LogP contribution in [0.4, 0.5) is 5.13 Å². The zero-order valence-corrected chi connectivity index (χ0v) is 15.1. The summed E-state index contributed by atoms with van der Waals surface area (Å²) in [5, 5.41) is 14.2. The normalized spacial score (nSPS) is 13.2. The summed E-state index contributed by atoms with van der Waals surface area (Å²) in [7, 11) is 0. The maximum Gasteiger partial charge on any atom is 0.202 e. The zero-order chi connectivity index (χ0) is 17.0. The molecule has 0 aliphatic carbocycles. The SMILES string of the molecule is CC(C)Oc1cccc(C(O)CNc2nc(C(C)(C)C)ns2)c1. The van der Waals surface area contributed by atoms with Gasteiger partial charge in [0.15, 0.2) is 0 Å². The highest BCUT2D eigenvalue weighted by Crippen LogP contribution is 2.24. The summed E-state index contributed by atoms with van der Waals surface area (Å²) in [6, 6.07) is 7.54. The largest absolute Gasteiger partial charge is 0.491 e. The van der Waals surface area contributed by atoms with E-state index in [2.05, 4.69) is 35.4 Å². The average Bonchev–Trinajstić information content (AvgIpc) is 2.93. The molecule has 5 nitrogen and oxygen atoms in total. The lowest BCUT2D eigenvalue weighted by atomic mass is 9.96. The molecule has 0 saturated carbocycles. The molecule has 2 aromatic rings. The summed E-state index contributed by atoms with van der Waals surface area (Å²) in [6.07, 6.45) is -0.523. The molecule has 2 rings (SSSR count). The number of ether oxygens (including phenoxy) is 1. The second-order valence-corrected chi connectivity index (χ2v) is 7.56. The van der Waals surface area contributed by atoms with Gasteiger partial charge in [0.2, 0.25) is 5.13 Å². The van der Waals surface area contributed by atoms with Gasteiger partial charge in [-0.3, -0.25) is 0 Å². The van der Waals surface area contributed by atoms with Gasteiger partial charge in [-0.05, 0) is 31.5 Å². The minimum absolute atomic E-state index is 0.0719. The van der Waals surface area contributed by atoms with Crippen LogP contribution in [0, 0.1) is 0 Å². The predicted molar refractivity (Wildman–Crippen MR) is 94.3 cm³/mol. The lowest BCUT2D eigenvalue weighted by Crippen LogP contribution is -2.15. The molecule has 23 heavy (non-hydrogen) atoms. The number of anilines is 1. The van der Waals surface area contributed by atoms with Gasteiger partial charge in [0.05, 0.1) is 12.2 Å². The molecule has 0 saturated heterocycles. The van der Waals surface area contributed by atoms with Gasteiger partial charge in [0.1, 0.15) is 11.6 Å². The third-order valence-corrected chi connectivity index (χ3v) is 3.83. The van der Waals surface area contributed by atoms with Crippen LogP contribution >= 0.6 is 11.5 Å². The molecule has 2 N–H and O–H groups in total. The van der Waals surface area contributed by atoms with Crippen LogP contribution in [0.5, 0.6) is 5.75 Å². The van der Waals surface area contributed by atoms with E-state index in [-0.39, 0.29) is 11.5 Å². The van der Waals surface area contributed by atoms with E-state index >= 15 is 0 Å². The van der Waals surface area contributed by atoms with Crippen molar-refractivity contribution in [1.29, 1.82) is 0 Å². The first-order chi connectivity index (χ1) is 10.8. The highest BCUT2D eigenvalue weighted by atomic mass is 32.1. The van der Waals surface area contributed by atoms with Crippen LogP contribution in [-0.2, 0) is 5.41 Å². The molecule has 0 amide bonds. The minimum Gasteiger partial charge on any atom is -0.491 e. The number of hydrogen-bond acceptors (Lipinski definition) is 6. The van der Waals surface area contributed by atoms with Crippen LogP contribution in [0.15, 0.2) is 24.3 Å². The van der Waals surface area contributed by atoms with Gasteiger partial charge in [0, 0.05) is 23.5 Å². The second-order valence-electron chi connectivity index (χ2n) is 6.81. The summed E-state index contributed by atoms with van der Waals surface area (Å²) < 4.78 is 10.0. The molecule has 0 spiro atoms. The van der Waals surface area contributed by atoms with Gasteiger partial charge >= 0.3 is 0 Å². The van der Waals surface area contributed by atoms with Gasteiger partial charge in [-0.1, -0.05) is 32.9 Å². The van der Waals surface area contributed by atoms with Crippen LogP contribution in [0.3, 0.4) is 0 Å². The third-order valence-electron chi connectivity index (χ3n) is 3.16. The molecule has 0 bridgehead atoms. The van der Waals surface area contributed by atoms with Gasteiger partial charge in [0.25, 0.3) is 0 Å². The number of nitrogens with one attached hydrogen (secondary N) is 1. The minimum atomic E-state index is -0.632. The number of aliphatic hydroxyl groups is 1. The Labute approximate surface area is 141 Å². The number of nitrogens with zero attached hydrogens (tertiary/aromatic N) is 2. The lowest BCUT2D eigenvalue weighted by Gasteiger charge is -2.15. The van der Waals surface area contributed by atoms with Crippen molar-refractivity contribution >= 4 is 16.7 Å². The van der Waals surface area contributed by atoms with Crippen molar-refractivity contribution in [2.45, 2.75) is 52.2 Å². The first-order valence-electron chi connectivity index (χ1n) is 7.78. The van der Waals surface area contributed by atoms with Crippen molar-refractivity contribution in [1.82, 2.24) is 9.36 Å². The summed E-state index contributed by atoms with van der Waals surface area (Å²) in [6.45, 7) is 10.6. The molecular weight excluding hydrogens is 310 g/mol. The smallest absolute Gasteiger partial charge is 0.202 e. The Morgan fingerprint density at radius 1 is 1.30 bits per heavy atom. The Balaban J connectivity index is 1.97. The first kappa shape index (κ1) is 17.7. The summed E-state index contributed by atoms with van der Waals surface area (Å²) in [5.74, 6) is 1.58. The number of benzene rings is 1. The predicted octanol–water partition coefficient (Wildman–Crippen LogP) is 3.77. The van der Waals surface area contributed by atoms with Crippen molar-refractivity contribution in [2.75, 3.05) is 11.9 Å². The Morgan fingerprint density at radius 2 is 2.04 bits per heavy atom. The molecule has 1 atom stereocenters. The van der Waals surface area contributed by atoms with Crippen molar-refractivity contribution in [3.8, 4) is 5.75 Å². The van der Waals surface area contributed by atoms with Gasteiger partial charge in [-0.25, -0.2) is 4.98 Å². The molecule has 1 aromatic heterocycles. The van der Waals surface area contributed by atoms with Crippen LogP contribution in [0.25, 0.3) is 0 Å². The van der Waals surface area contributed by atoms with Crippen LogP contribution < -0.4 is 10.1 Å². The highest BCUT2D eigenvalue weighted by molar-refractivity contribution is 7.09. The van der Waals surface area contributed by atoms with E-state index in [1.807, 2.05) is 38.1 Å². The number of rotatable bonds is 6. The molecule has 1 heterocycles. The monoisotopic (exact) mass is 335 g/mol. The van der Waals surface area contributed by atoms with E-state index in [1.54, 1.807) is 0 Å². The first-order valence-corrected chi connectivity index (χ1v) is 8.56. The van der Waals surface area contributed by atoms with Gasteiger partial charge in [-0.15, -0.1) is 0 Å². The Kier molecular flexibility index (Phi) is 5.59. The topological polar surface area (TPSA) is 67.3 Å². The summed E-state index contributed by atoms with van der Waals surface area (Å²) in [5.41, 5.74) is 0.744. The molecule has 1 aromatic carbocycles. The maximum atomic E-state index is 10.3. The second kappa shape index (κ2) is 7.27. The summed E-state index contributed by atoms with van der Waals surface area (Å²) in [4.78, 5) is 4.46. The lowest BCUT2D eigenvalue weighted by molar-refractivity contribution is 0.190. The van der Waals surface area contributed by atoms with Crippen molar-refractivity contribution in [3.05, 3.63) is 35.7 Å². The quantitative estimate of drug-likeness (QED) is 0.841. The van der Waals surface area contributed by atoms with Gasteiger partial charge < -0.3 is 15.2 Å². The highest BCUT2D eigenvalue weighted by Gasteiger charge is 2.19. The standard InChI is InChI=1S/C17H25N3O2S/c1-11(2)22-13-8-6-7-12(9-13)14(21)10-18-16-19-15(20-23-16)17(3,4)5/h6-9,11,14,21H,10H2,1-5H3,(H,18,19,20). The van der Waals surface area contributed by atoms with Crippen LogP contribution in [-0.4, -0.2) is 27.1 Å². The van der Waals surface area contributed by atoms with E-state index < -0.39 is 6.10 Å². The van der Waals surface area contributed by atoms with Crippen LogP contribution in [0.1, 0.15) is 52.1 Å². The maximum absolute atomic E-state index is 10.3. The Hall–Kier alpha value is -1.66. The fraction of sp³-hybridized carbons (Fsp3) is 0.529. The fourth-order valence-electron chi connectivity index (χ4n) is 1.97. The fourth-order valence-corrected chi connectivity index (χ4v) is 2.73. The molecule has 0 aliphatic heterocycles. The van der Waals surface area contributed by atoms with E-state index in [9.17, 15) is 5.11 Å². The average molecular weight is 335 g/mol. The molecule has 0 fully saturated rings. The summed E-state index contributed by atoms with van der Waals surface area (Å²) >= 11 is 1.32. The molecule has 0 aliphatic rings. The Morgan fingerprint density at radius 3 is 2.65 bits per heavy atom. The number of aliphatic hydroxyl groups excluding tert-OH is 1. The van der Waals surface area contributed by atoms with E-state index in [0.717, 1.165) is 22.3 Å². The van der Waals surface area contributed by atoms with Crippen LogP contribution in [0.2, 0.25) is 0 Å². The molecule has 126 valence electrons. The van der Waals surface area contributed by atoms with E-state index in [1.165, 1.54) is 11.5 Å². The zero-order valence-electron chi connectivity index (χ0n) is 14.3. The number of aromatic nitrogens is 2. The molecular formula is C17H25N3O2S. The molecule has 1 unspecified atom stereocenters. The van der Waals surface area contributed by atoms with Crippen molar-refractivity contribution < 1.29 is 9.84 Å². The van der Waals surface area contributed by atoms with Crippen molar-refractivity contribution in [2.24, 2.45) is 0 Å². The molecule has 0 radical (unpaired) electrons. The van der Waals surface area contributed by atoms with Gasteiger partial charge in [-0.2, -0.15) is 4.37 Å². The Bertz CT molecular complexity index is 635. The van der Waals surface area contributed by atoms with E-state index in [4.69, 9.17) is 4.74 Å². The third kappa shape index (κ3) is 5.18. The van der Waals surface area contributed by atoms with E-state index in [0.29, 0.717) is 6.54 Å².